The van der Waals surface area contributed by atoms with E-state index < -0.39 is 37.9 Å². The second kappa shape index (κ2) is 8.95. The van der Waals surface area contributed by atoms with Crippen molar-refractivity contribution >= 4 is 43.1 Å². The molecule has 2 atom stereocenters. The van der Waals surface area contributed by atoms with Crippen LogP contribution in [0.4, 0.5) is 5.69 Å². The molecule has 2 aromatic rings. The minimum Gasteiger partial charge on any atom is -0.348 e. The number of nitrogens with zero attached hydrogens (tertiary/aromatic N) is 1. The van der Waals surface area contributed by atoms with Gasteiger partial charge in [0.15, 0.2) is 9.84 Å². The van der Waals surface area contributed by atoms with Crippen molar-refractivity contribution in [2.75, 3.05) is 16.8 Å². The second-order valence-corrected chi connectivity index (χ2v) is 11.5. The average molecular weight is 473 g/mol. The van der Waals surface area contributed by atoms with Crippen LogP contribution in [0.1, 0.15) is 31.0 Å². The van der Waals surface area contributed by atoms with Crippen molar-refractivity contribution < 1.29 is 21.6 Å². The maximum Gasteiger partial charge on any atom is 0.244 e. The highest BCUT2D eigenvalue weighted by Crippen LogP contribution is 2.28. The van der Waals surface area contributed by atoms with Crippen LogP contribution in [0.3, 0.4) is 0 Å². The normalized spacial score (nSPS) is 14.1. The summed E-state index contributed by atoms with van der Waals surface area (Å²) in [6.07, 6.45) is 2.15. The van der Waals surface area contributed by atoms with E-state index in [0.717, 1.165) is 16.8 Å². The van der Waals surface area contributed by atoms with Gasteiger partial charge < -0.3 is 5.32 Å². The van der Waals surface area contributed by atoms with E-state index in [-0.39, 0.29) is 4.90 Å². The molecule has 0 unspecified atom stereocenters. The van der Waals surface area contributed by atoms with Gasteiger partial charge >= 0.3 is 0 Å². The van der Waals surface area contributed by atoms with E-state index in [1.807, 2.05) is 0 Å². The summed E-state index contributed by atoms with van der Waals surface area (Å²) in [7, 11) is -7.10. The Kier molecular flexibility index (Phi) is 7.21. The number of sulfone groups is 1. The SMILES string of the molecule is Cc1ccc(Cl)cc1N([C@@H](C)C(=O)N[C@H](C)c1ccc(S(C)(=O)=O)cc1)S(C)(=O)=O. The van der Waals surface area contributed by atoms with Crippen LogP contribution in [-0.2, 0) is 24.7 Å². The minimum atomic E-state index is -3.78. The Hall–Kier alpha value is -2.10. The molecule has 2 rings (SSSR count). The molecule has 0 bridgehead atoms. The first-order valence-corrected chi connectivity index (χ1v) is 13.2. The van der Waals surface area contributed by atoms with E-state index in [1.165, 1.54) is 25.1 Å². The van der Waals surface area contributed by atoms with Crippen molar-refractivity contribution in [1.82, 2.24) is 5.32 Å². The van der Waals surface area contributed by atoms with Gasteiger partial charge in [-0.2, -0.15) is 0 Å². The summed E-state index contributed by atoms with van der Waals surface area (Å²) in [6, 6.07) is 9.51. The summed E-state index contributed by atoms with van der Waals surface area (Å²) in [6.45, 7) is 4.96. The van der Waals surface area contributed by atoms with Crippen molar-refractivity contribution in [3.8, 4) is 0 Å². The van der Waals surface area contributed by atoms with E-state index in [2.05, 4.69) is 5.32 Å². The fourth-order valence-corrected chi connectivity index (χ4v) is 5.04. The zero-order chi connectivity index (χ0) is 22.9. The number of carbonyl (C=O) groups is 1. The molecular weight excluding hydrogens is 448 g/mol. The predicted octanol–water partition coefficient (Wildman–Crippen LogP) is 3.08. The average Bonchev–Trinajstić information content (AvgIpc) is 2.62. The molecule has 7 nitrogen and oxygen atoms in total. The molecular formula is C20H25ClN2O5S2. The Labute approximate surface area is 183 Å². The molecule has 0 spiro atoms. The number of carbonyl (C=O) groups excluding carboxylic acids is 1. The Morgan fingerprint density at radius 1 is 1.00 bits per heavy atom. The molecule has 0 fully saturated rings. The Morgan fingerprint density at radius 2 is 1.57 bits per heavy atom. The number of nitrogens with one attached hydrogen (secondary N) is 1. The van der Waals surface area contributed by atoms with Gasteiger partial charge in [-0.1, -0.05) is 29.8 Å². The van der Waals surface area contributed by atoms with Crippen molar-refractivity contribution in [2.24, 2.45) is 0 Å². The van der Waals surface area contributed by atoms with Crippen molar-refractivity contribution in [3.63, 3.8) is 0 Å². The lowest BCUT2D eigenvalue weighted by molar-refractivity contribution is -0.122. The molecule has 2 aromatic carbocycles. The third-order valence-corrected chi connectivity index (χ3v) is 7.26. The van der Waals surface area contributed by atoms with Gasteiger partial charge in [-0.25, -0.2) is 16.8 Å². The highest BCUT2D eigenvalue weighted by molar-refractivity contribution is 7.92. The van der Waals surface area contributed by atoms with Gasteiger partial charge in [0.1, 0.15) is 6.04 Å². The first kappa shape index (κ1) is 24.2. The molecule has 0 aliphatic rings. The van der Waals surface area contributed by atoms with Crippen LogP contribution in [0.5, 0.6) is 0 Å². The molecule has 30 heavy (non-hydrogen) atoms. The van der Waals surface area contributed by atoms with Gasteiger partial charge in [0.2, 0.25) is 15.9 Å². The van der Waals surface area contributed by atoms with E-state index >= 15 is 0 Å². The van der Waals surface area contributed by atoms with E-state index in [4.69, 9.17) is 11.6 Å². The van der Waals surface area contributed by atoms with Crippen LogP contribution in [0.15, 0.2) is 47.4 Å². The highest BCUT2D eigenvalue weighted by Gasteiger charge is 2.31. The minimum absolute atomic E-state index is 0.179. The zero-order valence-corrected chi connectivity index (χ0v) is 19.8. The van der Waals surface area contributed by atoms with Gasteiger partial charge in [-0.15, -0.1) is 0 Å². The van der Waals surface area contributed by atoms with Crippen molar-refractivity contribution in [3.05, 3.63) is 58.6 Å². The summed E-state index contributed by atoms with van der Waals surface area (Å²) < 4.78 is 49.2. The molecule has 1 amide bonds. The lowest BCUT2D eigenvalue weighted by Crippen LogP contribution is -2.48. The van der Waals surface area contributed by atoms with Crippen LogP contribution >= 0.6 is 11.6 Å². The van der Waals surface area contributed by atoms with Crippen LogP contribution < -0.4 is 9.62 Å². The van der Waals surface area contributed by atoms with Crippen LogP contribution in [0, 0.1) is 6.92 Å². The predicted molar refractivity (Wildman–Crippen MR) is 119 cm³/mol. The number of aryl methyl sites for hydroxylation is 1. The number of amides is 1. The quantitative estimate of drug-likeness (QED) is 0.667. The summed E-state index contributed by atoms with van der Waals surface area (Å²) in [5.74, 6) is -0.500. The fraction of sp³-hybridized carbons (Fsp3) is 0.350. The number of anilines is 1. The lowest BCUT2D eigenvalue weighted by atomic mass is 10.1. The fourth-order valence-electron chi connectivity index (χ4n) is 3.02. The third kappa shape index (κ3) is 5.74. The second-order valence-electron chi connectivity index (χ2n) is 7.24. The number of hydrogen-bond acceptors (Lipinski definition) is 5. The third-order valence-electron chi connectivity index (χ3n) is 4.66. The number of hydrogen-bond donors (Lipinski definition) is 1. The number of sulfonamides is 1. The van der Waals surface area contributed by atoms with Gasteiger partial charge in [-0.05, 0) is 56.2 Å². The van der Waals surface area contributed by atoms with Crippen molar-refractivity contribution in [2.45, 2.75) is 37.8 Å². The topological polar surface area (TPSA) is 101 Å². The van der Waals surface area contributed by atoms with Gasteiger partial charge in [-0.3, -0.25) is 9.10 Å². The van der Waals surface area contributed by atoms with E-state index in [1.54, 1.807) is 38.1 Å². The summed E-state index contributed by atoms with van der Waals surface area (Å²) >= 11 is 6.04. The van der Waals surface area contributed by atoms with E-state index in [9.17, 15) is 21.6 Å². The maximum absolute atomic E-state index is 12.9. The smallest absolute Gasteiger partial charge is 0.244 e. The summed E-state index contributed by atoms with van der Waals surface area (Å²) in [5.41, 5.74) is 1.68. The van der Waals surface area contributed by atoms with Gasteiger partial charge in [0, 0.05) is 11.3 Å². The Balaban J connectivity index is 2.28. The van der Waals surface area contributed by atoms with Crippen LogP contribution in [-0.4, -0.2) is 41.3 Å². The number of benzene rings is 2. The molecule has 10 heteroatoms. The summed E-state index contributed by atoms with van der Waals surface area (Å²) in [4.78, 5) is 13.0. The monoisotopic (exact) mass is 472 g/mol. The molecule has 164 valence electrons. The molecule has 1 N–H and O–H groups in total. The molecule has 0 aliphatic carbocycles. The maximum atomic E-state index is 12.9. The van der Waals surface area contributed by atoms with Crippen LogP contribution in [0.2, 0.25) is 5.02 Å². The lowest BCUT2D eigenvalue weighted by Gasteiger charge is -2.30. The largest absolute Gasteiger partial charge is 0.348 e. The van der Waals surface area contributed by atoms with Crippen molar-refractivity contribution in [1.29, 1.82) is 0 Å². The molecule has 0 aliphatic heterocycles. The Morgan fingerprint density at radius 3 is 2.07 bits per heavy atom. The molecule has 0 radical (unpaired) electrons. The molecule has 0 saturated carbocycles. The summed E-state index contributed by atoms with van der Waals surface area (Å²) in [5, 5.41) is 3.14. The first-order valence-electron chi connectivity index (χ1n) is 9.07. The van der Waals surface area contributed by atoms with Gasteiger partial charge in [0.05, 0.1) is 22.9 Å². The van der Waals surface area contributed by atoms with Gasteiger partial charge in [0.25, 0.3) is 0 Å². The van der Waals surface area contributed by atoms with Crippen LogP contribution in [0.25, 0.3) is 0 Å². The number of halogens is 1. The van der Waals surface area contributed by atoms with E-state index in [0.29, 0.717) is 21.8 Å². The first-order chi connectivity index (χ1) is 13.7. The molecule has 0 saturated heterocycles. The molecule has 0 heterocycles. The molecule has 0 aromatic heterocycles. The zero-order valence-electron chi connectivity index (χ0n) is 17.4. The highest BCUT2D eigenvalue weighted by atomic mass is 35.5. The Bertz CT molecular complexity index is 1150. The number of rotatable bonds is 7. The standard InChI is InChI=1S/C20H25ClN2O5S2/c1-13-6-9-17(21)12-19(13)23(30(5,27)28)15(3)20(24)22-14(2)16-7-10-18(11-8-16)29(4,25)26/h6-12,14-15H,1-5H3,(H,22,24)/t14-,15+/m1/s1.